The van der Waals surface area contributed by atoms with E-state index in [1.165, 1.54) is 31.2 Å². The maximum Gasteiger partial charge on any atom is 0.0420 e. The lowest BCUT2D eigenvalue weighted by Gasteiger charge is -2.39. The van der Waals surface area contributed by atoms with Crippen molar-refractivity contribution in [2.75, 3.05) is 0 Å². The Hall–Kier alpha value is -0.340. The summed E-state index contributed by atoms with van der Waals surface area (Å²) >= 11 is 3.63. The molecule has 2 rings (SSSR count). The van der Waals surface area contributed by atoms with Crippen molar-refractivity contribution in [1.29, 1.82) is 0 Å². The summed E-state index contributed by atoms with van der Waals surface area (Å²) in [6.45, 7) is 4.54. The average molecular weight is 296 g/mol. The predicted octanol–water partition coefficient (Wildman–Crippen LogP) is 4.45. The minimum absolute atomic E-state index is 0.208. The van der Waals surface area contributed by atoms with Crippen molar-refractivity contribution in [3.8, 4) is 0 Å². The maximum absolute atomic E-state index is 6.63. The largest absolute Gasteiger partial charge is 0.321 e. The molecular weight excluding hydrogens is 274 g/mol. The van der Waals surface area contributed by atoms with Gasteiger partial charge in [0.25, 0.3) is 0 Å². The Morgan fingerprint density at radius 2 is 1.76 bits per heavy atom. The summed E-state index contributed by atoms with van der Waals surface area (Å²) < 4.78 is 1.14. The number of benzene rings is 1. The lowest BCUT2D eigenvalue weighted by atomic mass is 9.70. The number of rotatable bonds is 2. The van der Waals surface area contributed by atoms with Gasteiger partial charge in [-0.05, 0) is 43.2 Å². The van der Waals surface area contributed by atoms with Crippen LogP contribution in [-0.4, -0.2) is 0 Å². The first kappa shape index (κ1) is 13.1. The summed E-state index contributed by atoms with van der Waals surface area (Å²) in [6, 6.07) is 8.37. The minimum atomic E-state index is -0.208. The minimum Gasteiger partial charge on any atom is -0.321 e. The summed E-state index contributed by atoms with van der Waals surface area (Å²) in [5.41, 5.74) is 7.67. The van der Waals surface area contributed by atoms with Crippen LogP contribution in [0.2, 0.25) is 0 Å². The van der Waals surface area contributed by atoms with Crippen LogP contribution in [0.1, 0.15) is 45.1 Å². The lowest BCUT2D eigenvalue weighted by molar-refractivity contribution is 0.192. The Bertz CT molecular complexity index is 378. The van der Waals surface area contributed by atoms with Crippen LogP contribution in [0.4, 0.5) is 0 Å². The van der Waals surface area contributed by atoms with Crippen LogP contribution >= 0.6 is 15.9 Å². The molecule has 0 saturated heterocycles. The molecule has 1 aromatic rings. The van der Waals surface area contributed by atoms with E-state index in [-0.39, 0.29) is 5.54 Å². The van der Waals surface area contributed by atoms with E-state index in [2.05, 4.69) is 48.0 Å². The quantitative estimate of drug-likeness (QED) is 0.857. The molecule has 1 nitrogen and oxygen atoms in total. The van der Waals surface area contributed by atoms with E-state index in [1.54, 1.807) is 0 Å². The van der Waals surface area contributed by atoms with Gasteiger partial charge in [0.2, 0.25) is 0 Å². The van der Waals surface area contributed by atoms with Gasteiger partial charge < -0.3 is 5.73 Å². The lowest BCUT2D eigenvalue weighted by Crippen LogP contribution is -2.43. The van der Waals surface area contributed by atoms with Crippen molar-refractivity contribution in [3.63, 3.8) is 0 Å². The molecule has 2 N–H and O–H groups in total. The molecule has 1 saturated carbocycles. The first-order valence-corrected chi connectivity index (χ1v) is 7.35. The van der Waals surface area contributed by atoms with Gasteiger partial charge in [0, 0.05) is 10.0 Å². The van der Waals surface area contributed by atoms with Crippen molar-refractivity contribution in [3.05, 3.63) is 34.3 Å². The smallest absolute Gasteiger partial charge is 0.0420 e. The van der Waals surface area contributed by atoms with Crippen LogP contribution in [0, 0.1) is 11.8 Å². The second-order valence-corrected chi connectivity index (χ2v) is 6.57. The van der Waals surface area contributed by atoms with Gasteiger partial charge in [0.15, 0.2) is 0 Å². The predicted molar refractivity (Wildman–Crippen MR) is 76.8 cm³/mol. The maximum atomic E-state index is 6.63. The van der Waals surface area contributed by atoms with Gasteiger partial charge in [-0.1, -0.05) is 53.9 Å². The third kappa shape index (κ3) is 2.74. The molecule has 0 radical (unpaired) electrons. The second-order valence-electron chi connectivity index (χ2n) is 5.72. The Labute approximate surface area is 113 Å². The highest BCUT2D eigenvalue weighted by Crippen LogP contribution is 2.41. The van der Waals surface area contributed by atoms with Crippen LogP contribution < -0.4 is 5.73 Å². The highest BCUT2D eigenvalue weighted by atomic mass is 79.9. The Morgan fingerprint density at radius 1 is 1.18 bits per heavy atom. The standard InChI is InChI=1S/C15H22BrN/c1-11-7-9-12(10-8-11)15(2,17)13-5-3-4-6-14(13)16/h3-6,11-12H,7-10,17H2,1-2H3. The Morgan fingerprint density at radius 3 is 2.35 bits per heavy atom. The van der Waals surface area contributed by atoms with Gasteiger partial charge in [-0.15, -0.1) is 0 Å². The van der Waals surface area contributed by atoms with Gasteiger partial charge in [-0.3, -0.25) is 0 Å². The Balaban J connectivity index is 2.21. The SMILES string of the molecule is CC1CCC(C(C)(N)c2ccccc2Br)CC1. The molecule has 0 amide bonds. The van der Waals surface area contributed by atoms with Crippen LogP contribution in [0.25, 0.3) is 0 Å². The van der Waals surface area contributed by atoms with Crippen LogP contribution in [0.5, 0.6) is 0 Å². The topological polar surface area (TPSA) is 26.0 Å². The van der Waals surface area contributed by atoms with E-state index in [1.807, 2.05) is 6.07 Å². The molecule has 1 aliphatic carbocycles. The van der Waals surface area contributed by atoms with Crippen LogP contribution in [0.15, 0.2) is 28.7 Å². The van der Waals surface area contributed by atoms with E-state index >= 15 is 0 Å². The number of halogens is 1. The molecule has 2 heteroatoms. The molecule has 0 spiro atoms. The summed E-state index contributed by atoms with van der Waals surface area (Å²) in [6.07, 6.45) is 5.16. The zero-order valence-corrected chi connectivity index (χ0v) is 12.3. The van der Waals surface area contributed by atoms with Crippen molar-refractivity contribution < 1.29 is 0 Å². The fourth-order valence-corrected chi connectivity index (χ4v) is 3.69. The fourth-order valence-electron chi connectivity index (χ4n) is 2.98. The summed E-state index contributed by atoms with van der Waals surface area (Å²) in [7, 11) is 0. The molecule has 1 unspecified atom stereocenters. The molecule has 1 fully saturated rings. The molecular formula is C15H22BrN. The van der Waals surface area contributed by atoms with Gasteiger partial charge in [0.1, 0.15) is 0 Å². The van der Waals surface area contributed by atoms with Gasteiger partial charge >= 0.3 is 0 Å². The molecule has 0 aliphatic heterocycles. The van der Waals surface area contributed by atoms with Crippen LogP contribution in [-0.2, 0) is 5.54 Å². The highest BCUT2D eigenvalue weighted by molar-refractivity contribution is 9.10. The first-order chi connectivity index (χ1) is 8.01. The van der Waals surface area contributed by atoms with Gasteiger partial charge in [0.05, 0.1) is 0 Å². The molecule has 0 bridgehead atoms. The second kappa shape index (κ2) is 5.11. The zero-order chi connectivity index (χ0) is 12.5. The van der Waals surface area contributed by atoms with Crippen molar-refractivity contribution >= 4 is 15.9 Å². The third-order valence-electron chi connectivity index (χ3n) is 4.32. The van der Waals surface area contributed by atoms with Gasteiger partial charge in [-0.25, -0.2) is 0 Å². The molecule has 94 valence electrons. The molecule has 1 atom stereocenters. The number of hydrogen-bond acceptors (Lipinski definition) is 1. The Kier molecular flexibility index (Phi) is 3.94. The normalized spacial score (nSPS) is 28.7. The monoisotopic (exact) mass is 295 g/mol. The molecule has 1 aromatic carbocycles. The van der Waals surface area contributed by atoms with E-state index in [0.29, 0.717) is 5.92 Å². The number of hydrogen-bond donors (Lipinski definition) is 1. The van der Waals surface area contributed by atoms with E-state index < -0.39 is 0 Å². The van der Waals surface area contributed by atoms with Crippen LogP contribution in [0.3, 0.4) is 0 Å². The molecule has 17 heavy (non-hydrogen) atoms. The van der Waals surface area contributed by atoms with E-state index in [4.69, 9.17) is 5.73 Å². The van der Waals surface area contributed by atoms with Gasteiger partial charge in [-0.2, -0.15) is 0 Å². The third-order valence-corrected chi connectivity index (χ3v) is 5.01. The van der Waals surface area contributed by atoms with Crippen molar-refractivity contribution in [1.82, 2.24) is 0 Å². The first-order valence-electron chi connectivity index (χ1n) is 6.55. The molecule has 0 aromatic heterocycles. The number of nitrogens with two attached hydrogens (primary N) is 1. The fraction of sp³-hybridized carbons (Fsp3) is 0.600. The summed E-state index contributed by atoms with van der Waals surface area (Å²) in [5.74, 6) is 1.48. The molecule has 0 heterocycles. The zero-order valence-electron chi connectivity index (χ0n) is 10.7. The molecule has 1 aliphatic rings. The van der Waals surface area contributed by atoms with E-state index in [9.17, 15) is 0 Å². The van der Waals surface area contributed by atoms with Crippen molar-refractivity contribution in [2.24, 2.45) is 17.6 Å². The highest BCUT2D eigenvalue weighted by Gasteiger charge is 2.35. The summed E-state index contributed by atoms with van der Waals surface area (Å²) in [5, 5.41) is 0. The summed E-state index contributed by atoms with van der Waals surface area (Å²) in [4.78, 5) is 0. The van der Waals surface area contributed by atoms with E-state index in [0.717, 1.165) is 10.4 Å². The van der Waals surface area contributed by atoms with Crippen molar-refractivity contribution in [2.45, 2.75) is 45.1 Å². The average Bonchev–Trinajstić information content (AvgIpc) is 2.30.